The number of nitrogens with zero attached hydrogens (tertiary/aromatic N) is 3. The van der Waals surface area contributed by atoms with E-state index in [1.807, 2.05) is 41.4 Å². The molecule has 0 fully saturated rings. The third-order valence-corrected chi connectivity index (χ3v) is 4.07. The molecule has 0 unspecified atom stereocenters. The molecule has 0 saturated heterocycles. The van der Waals surface area contributed by atoms with E-state index in [4.69, 9.17) is 0 Å². The molecule has 0 radical (unpaired) electrons. The van der Waals surface area contributed by atoms with Crippen LogP contribution in [0.3, 0.4) is 0 Å². The van der Waals surface area contributed by atoms with Crippen LogP contribution < -0.4 is 0 Å². The van der Waals surface area contributed by atoms with E-state index in [0.29, 0.717) is 13.1 Å². The van der Waals surface area contributed by atoms with E-state index in [0.717, 1.165) is 35.2 Å². The highest BCUT2D eigenvalue weighted by Crippen LogP contribution is 2.17. The Bertz CT molecular complexity index is 757. The molecule has 0 atom stereocenters. The molecule has 0 saturated carbocycles. The van der Waals surface area contributed by atoms with Gasteiger partial charge < -0.3 is 9.88 Å². The van der Waals surface area contributed by atoms with Crippen LogP contribution >= 0.6 is 0 Å². The lowest BCUT2D eigenvalue weighted by Crippen LogP contribution is -2.30. The van der Waals surface area contributed by atoms with Crippen molar-refractivity contribution >= 4 is 5.91 Å². The van der Waals surface area contributed by atoms with Crippen LogP contribution in [0.25, 0.3) is 0 Å². The number of H-pyrrole nitrogens is 1. The van der Waals surface area contributed by atoms with Crippen molar-refractivity contribution in [3.8, 4) is 0 Å². The zero-order valence-electron chi connectivity index (χ0n) is 14.4. The number of carbonyl (C=O) groups excluding carboxylic acids is 1. The Morgan fingerprint density at radius 1 is 1.04 bits per heavy atom. The van der Waals surface area contributed by atoms with Crippen molar-refractivity contribution in [1.82, 2.24) is 19.9 Å². The molecule has 128 valence electrons. The normalized spacial score (nSPS) is 10.6. The van der Waals surface area contributed by atoms with Gasteiger partial charge in [-0.15, -0.1) is 0 Å². The molecule has 0 bridgehead atoms. The van der Waals surface area contributed by atoms with Crippen molar-refractivity contribution in [3.05, 3.63) is 83.7 Å². The number of pyridine rings is 2. The summed E-state index contributed by atoms with van der Waals surface area (Å²) >= 11 is 0. The molecule has 5 heteroatoms. The molecule has 1 N–H and O–H groups in total. The van der Waals surface area contributed by atoms with Gasteiger partial charge >= 0.3 is 0 Å². The smallest absolute Gasteiger partial charge is 0.256 e. The number of aryl methyl sites for hydroxylation is 1. The van der Waals surface area contributed by atoms with Gasteiger partial charge in [-0.1, -0.05) is 19.4 Å². The maximum Gasteiger partial charge on any atom is 0.256 e. The number of carbonyl (C=O) groups is 1. The summed E-state index contributed by atoms with van der Waals surface area (Å²) in [5, 5.41) is 0. The summed E-state index contributed by atoms with van der Waals surface area (Å²) in [6.07, 6.45) is 10.7. The van der Waals surface area contributed by atoms with Crippen molar-refractivity contribution in [2.24, 2.45) is 0 Å². The number of aromatic amines is 1. The fraction of sp³-hybridized carbons (Fsp3) is 0.250. The first kappa shape index (κ1) is 16.9. The summed E-state index contributed by atoms with van der Waals surface area (Å²) in [6, 6.07) is 9.63. The van der Waals surface area contributed by atoms with Gasteiger partial charge in [0.1, 0.15) is 0 Å². The number of hydrogen-bond acceptors (Lipinski definition) is 3. The van der Waals surface area contributed by atoms with E-state index in [9.17, 15) is 4.79 Å². The van der Waals surface area contributed by atoms with E-state index in [1.54, 1.807) is 24.8 Å². The van der Waals surface area contributed by atoms with E-state index < -0.39 is 0 Å². The Morgan fingerprint density at radius 3 is 2.56 bits per heavy atom. The predicted molar refractivity (Wildman–Crippen MR) is 96.8 cm³/mol. The van der Waals surface area contributed by atoms with Crippen LogP contribution in [0, 0.1) is 0 Å². The third-order valence-electron chi connectivity index (χ3n) is 4.07. The molecule has 0 aliphatic rings. The number of nitrogens with one attached hydrogen (secondary N) is 1. The first-order chi connectivity index (χ1) is 12.3. The van der Waals surface area contributed by atoms with Crippen molar-refractivity contribution in [3.63, 3.8) is 0 Å². The summed E-state index contributed by atoms with van der Waals surface area (Å²) in [4.78, 5) is 26.4. The Balaban J connectivity index is 1.86. The van der Waals surface area contributed by atoms with Crippen LogP contribution in [0.2, 0.25) is 0 Å². The maximum atomic E-state index is 13.2. The van der Waals surface area contributed by atoms with Gasteiger partial charge in [-0.25, -0.2) is 0 Å². The lowest BCUT2D eigenvalue weighted by molar-refractivity contribution is 0.0729. The van der Waals surface area contributed by atoms with Crippen molar-refractivity contribution in [1.29, 1.82) is 0 Å². The highest BCUT2D eigenvalue weighted by molar-refractivity contribution is 5.95. The largest absolute Gasteiger partial charge is 0.364 e. The zero-order chi connectivity index (χ0) is 17.5. The van der Waals surface area contributed by atoms with Crippen LogP contribution in [0.1, 0.15) is 40.5 Å². The fourth-order valence-corrected chi connectivity index (χ4v) is 2.85. The molecular formula is C20H22N4O. The summed E-state index contributed by atoms with van der Waals surface area (Å²) in [6.45, 7) is 3.16. The second-order valence-corrected chi connectivity index (χ2v) is 6.00. The molecule has 0 aliphatic carbocycles. The molecule has 25 heavy (non-hydrogen) atoms. The quantitative estimate of drug-likeness (QED) is 0.718. The topological polar surface area (TPSA) is 61.9 Å². The Morgan fingerprint density at radius 2 is 1.84 bits per heavy atom. The highest BCUT2D eigenvalue weighted by atomic mass is 16.2. The molecule has 5 nitrogen and oxygen atoms in total. The third kappa shape index (κ3) is 4.32. The molecule has 0 aliphatic heterocycles. The molecule has 3 heterocycles. The molecule has 3 aromatic rings. The standard InChI is InChI=1S/C20H22N4O/c1-2-4-19-18(8-12-23-19)20(25)24(14-16-6-10-21-11-7-16)15-17-5-3-9-22-13-17/h3,5-13,23H,2,4,14-15H2,1H3. The van der Waals surface area contributed by atoms with Crippen molar-refractivity contribution < 1.29 is 4.79 Å². The first-order valence-electron chi connectivity index (χ1n) is 8.51. The van der Waals surface area contributed by atoms with Crippen molar-refractivity contribution in [2.75, 3.05) is 0 Å². The second-order valence-electron chi connectivity index (χ2n) is 6.00. The lowest BCUT2D eigenvalue weighted by atomic mass is 10.1. The molecule has 3 aromatic heterocycles. The minimum Gasteiger partial charge on any atom is -0.364 e. The second kappa shape index (κ2) is 8.24. The first-order valence-corrected chi connectivity index (χ1v) is 8.51. The van der Waals surface area contributed by atoms with Crippen LogP contribution in [0.4, 0.5) is 0 Å². The van der Waals surface area contributed by atoms with Gasteiger partial charge in [0.2, 0.25) is 0 Å². The van der Waals surface area contributed by atoms with Crippen LogP contribution in [0.15, 0.2) is 61.3 Å². The molecule has 0 spiro atoms. The zero-order valence-corrected chi connectivity index (χ0v) is 14.4. The number of hydrogen-bond donors (Lipinski definition) is 1. The average Bonchev–Trinajstić information content (AvgIpc) is 3.11. The highest BCUT2D eigenvalue weighted by Gasteiger charge is 2.20. The van der Waals surface area contributed by atoms with Crippen LogP contribution in [0.5, 0.6) is 0 Å². The summed E-state index contributed by atoms with van der Waals surface area (Å²) < 4.78 is 0. The molecular weight excluding hydrogens is 312 g/mol. The summed E-state index contributed by atoms with van der Waals surface area (Å²) in [5.41, 5.74) is 3.82. The van der Waals surface area contributed by atoms with Crippen molar-refractivity contribution in [2.45, 2.75) is 32.9 Å². The van der Waals surface area contributed by atoms with E-state index >= 15 is 0 Å². The number of amides is 1. The van der Waals surface area contributed by atoms with E-state index in [-0.39, 0.29) is 5.91 Å². The Kier molecular flexibility index (Phi) is 5.57. The number of aromatic nitrogens is 3. The Labute approximate surface area is 147 Å². The van der Waals surface area contributed by atoms with E-state index in [1.165, 1.54) is 0 Å². The molecule has 1 amide bonds. The van der Waals surface area contributed by atoms with Gasteiger partial charge in [0.25, 0.3) is 5.91 Å². The minimum absolute atomic E-state index is 0.0327. The van der Waals surface area contributed by atoms with Gasteiger partial charge in [0.15, 0.2) is 0 Å². The van der Waals surface area contributed by atoms with E-state index in [2.05, 4.69) is 21.9 Å². The van der Waals surface area contributed by atoms with Crippen LogP contribution in [-0.2, 0) is 19.5 Å². The Hall–Kier alpha value is -2.95. The molecule has 3 rings (SSSR count). The SMILES string of the molecule is CCCc1[nH]ccc1C(=O)N(Cc1ccncc1)Cc1cccnc1. The van der Waals surface area contributed by atoms with Gasteiger partial charge in [0.05, 0.1) is 5.56 Å². The monoisotopic (exact) mass is 334 g/mol. The average molecular weight is 334 g/mol. The van der Waals surface area contributed by atoms with Gasteiger partial charge in [-0.2, -0.15) is 0 Å². The summed E-state index contributed by atoms with van der Waals surface area (Å²) in [5.74, 6) is 0.0327. The predicted octanol–water partition coefficient (Wildman–Crippen LogP) is 3.60. The summed E-state index contributed by atoms with van der Waals surface area (Å²) in [7, 11) is 0. The van der Waals surface area contributed by atoms with Crippen LogP contribution in [-0.4, -0.2) is 25.8 Å². The fourth-order valence-electron chi connectivity index (χ4n) is 2.85. The van der Waals surface area contributed by atoms with Gasteiger partial charge in [-0.3, -0.25) is 14.8 Å². The van der Waals surface area contributed by atoms with Gasteiger partial charge in [-0.05, 0) is 41.8 Å². The maximum absolute atomic E-state index is 13.2. The minimum atomic E-state index is 0.0327. The number of rotatable bonds is 7. The van der Waals surface area contributed by atoms with Gasteiger partial charge in [0, 0.05) is 49.8 Å². The molecule has 0 aromatic carbocycles. The lowest BCUT2D eigenvalue weighted by Gasteiger charge is -2.23.